The van der Waals surface area contributed by atoms with Crippen LogP contribution in [0.2, 0.25) is 0 Å². The third-order valence-corrected chi connectivity index (χ3v) is 4.63. The van der Waals surface area contributed by atoms with Crippen molar-refractivity contribution in [1.29, 1.82) is 0 Å². The van der Waals surface area contributed by atoms with Gasteiger partial charge in [-0.15, -0.1) is 0 Å². The summed E-state index contributed by atoms with van der Waals surface area (Å²) in [5.74, 6) is 0. The molecule has 0 bridgehead atoms. The molecule has 1 atom stereocenters. The normalized spacial score (nSPS) is 18.3. The monoisotopic (exact) mass is 313 g/mol. The number of aliphatic hydroxyl groups is 1. The van der Waals surface area contributed by atoms with Gasteiger partial charge in [-0.05, 0) is 38.3 Å². The molecule has 1 fully saturated rings. The molecule has 0 radical (unpaired) electrons. The van der Waals surface area contributed by atoms with Gasteiger partial charge in [-0.1, -0.05) is 40.0 Å². The number of rotatable bonds is 7. The Kier molecular flexibility index (Phi) is 8.18. The summed E-state index contributed by atoms with van der Waals surface area (Å²) in [4.78, 5) is 14.1. The van der Waals surface area contributed by atoms with Gasteiger partial charge in [0.25, 0.3) is 0 Å². The van der Waals surface area contributed by atoms with Crippen LogP contribution in [0, 0.1) is 5.41 Å². The van der Waals surface area contributed by atoms with Crippen molar-refractivity contribution in [2.45, 2.75) is 71.4 Å². The number of carbonyl (C=O) groups is 1. The molecule has 0 aromatic carbocycles. The lowest BCUT2D eigenvalue weighted by atomic mass is 9.89. The first kappa shape index (κ1) is 19.2. The molecule has 1 aliphatic carbocycles. The molecule has 1 saturated carbocycles. The van der Waals surface area contributed by atoms with E-state index >= 15 is 0 Å². The van der Waals surface area contributed by atoms with Crippen LogP contribution in [0.1, 0.15) is 59.3 Å². The zero-order valence-electron chi connectivity index (χ0n) is 14.8. The van der Waals surface area contributed by atoms with E-state index < -0.39 is 6.10 Å². The molecule has 0 aromatic rings. The fourth-order valence-corrected chi connectivity index (χ4v) is 2.79. The Hall–Kier alpha value is -0.810. The topological polar surface area (TPSA) is 64.6 Å². The Balaban J connectivity index is 2.07. The SMILES string of the molecule is CN(CCCNC(=O)NCC(O)C(C)(C)C)C1CCCCC1. The van der Waals surface area contributed by atoms with Crippen LogP contribution in [0.5, 0.6) is 0 Å². The van der Waals surface area contributed by atoms with Crippen LogP contribution >= 0.6 is 0 Å². The van der Waals surface area contributed by atoms with Crippen LogP contribution in [-0.4, -0.2) is 54.9 Å². The van der Waals surface area contributed by atoms with Gasteiger partial charge in [0.15, 0.2) is 0 Å². The Bertz CT molecular complexity index is 322. The standard InChI is InChI=1S/C17H35N3O2/c1-17(2,3)15(21)13-19-16(22)18-11-8-12-20(4)14-9-6-5-7-10-14/h14-15,21H,5-13H2,1-4H3,(H2,18,19,22). The maximum atomic E-state index is 11.7. The summed E-state index contributed by atoms with van der Waals surface area (Å²) in [6.07, 6.45) is 7.15. The van der Waals surface area contributed by atoms with Gasteiger partial charge in [0, 0.05) is 19.1 Å². The van der Waals surface area contributed by atoms with E-state index in [4.69, 9.17) is 0 Å². The quantitative estimate of drug-likeness (QED) is 0.632. The van der Waals surface area contributed by atoms with Crippen molar-refractivity contribution >= 4 is 6.03 Å². The lowest BCUT2D eigenvalue weighted by molar-refractivity contribution is 0.0650. The van der Waals surface area contributed by atoms with Crippen molar-refractivity contribution in [3.8, 4) is 0 Å². The highest BCUT2D eigenvalue weighted by Gasteiger charge is 2.22. The van der Waals surface area contributed by atoms with Crippen LogP contribution < -0.4 is 10.6 Å². The summed E-state index contributed by atoms with van der Waals surface area (Å²) >= 11 is 0. The van der Waals surface area contributed by atoms with Gasteiger partial charge >= 0.3 is 6.03 Å². The second kappa shape index (κ2) is 9.36. The first-order valence-corrected chi connectivity index (χ1v) is 8.70. The molecule has 1 aliphatic rings. The van der Waals surface area contributed by atoms with E-state index in [0.29, 0.717) is 6.54 Å². The van der Waals surface area contributed by atoms with Crippen LogP contribution in [0.4, 0.5) is 4.79 Å². The van der Waals surface area contributed by atoms with Crippen LogP contribution in [0.3, 0.4) is 0 Å². The molecule has 5 heteroatoms. The van der Waals surface area contributed by atoms with Crippen molar-refractivity contribution in [3.63, 3.8) is 0 Å². The van der Waals surface area contributed by atoms with Gasteiger partial charge in [-0.3, -0.25) is 0 Å². The van der Waals surface area contributed by atoms with Crippen LogP contribution in [-0.2, 0) is 0 Å². The first-order chi connectivity index (χ1) is 10.3. The fourth-order valence-electron chi connectivity index (χ4n) is 2.79. The van der Waals surface area contributed by atoms with Gasteiger partial charge in [0.1, 0.15) is 0 Å². The lowest BCUT2D eigenvalue weighted by Gasteiger charge is -2.31. The lowest BCUT2D eigenvalue weighted by Crippen LogP contribution is -2.44. The van der Waals surface area contributed by atoms with E-state index in [2.05, 4.69) is 22.6 Å². The molecule has 0 spiro atoms. The highest BCUT2D eigenvalue weighted by Crippen LogP contribution is 2.21. The number of nitrogens with zero attached hydrogens (tertiary/aromatic N) is 1. The van der Waals surface area contributed by atoms with Gasteiger partial charge in [-0.25, -0.2) is 4.79 Å². The van der Waals surface area contributed by atoms with E-state index in [1.807, 2.05) is 20.8 Å². The van der Waals surface area contributed by atoms with Crippen LogP contribution in [0.15, 0.2) is 0 Å². The zero-order chi connectivity index (χ0) is 16.6. The third-order valence-electron chi connectivity index (χ3n) is 4.63. The molecule has 0 aliphatic heterocycles. The van der Waals surface area contributed by atoms with Crippen molar-refractivity contribution in [2.24, 2.45) is 5.41 Å². The average molecular weight is 313 g/mol. The number of amides is 2. The predicted octanol–water partition coefficient (Wildman–Crippen LogP) is 2.35. The van der Waals surface area contributed by atoms with E-state index in [1.165, 1.54) is 32.1 Å². The maximum absolute atomic E-state index is 11.7. The molecular weight excluding hydrogens is 278 g/mol. The second-order valence-corrected chi connectivity index (χ2v) is 7.64. The summed E-state index contributed by atoms with van der Waals surface area (Å²) < 4.78 is 0. The minimum atomic E-state index is -0.532. The summed E-state index contributed by atoms with van der Waals surface area (Å²) in [6, 6.07) is 0.535. The molecule has 2 amide bonds. The zero-order valence-corrected chi connectivity index (χ0v) is 14.8. The van der Waals surface area contributed by atoms with E-state index in [9.17, 15) is 9.90 Å². The number of carbonyl (C=O) groups excluding carboxylic acids is 1. The van der Waals surface area contributed by atoms with Gasteiger partial charge in [-0.2, -0.15) is 0 Å². The molecule has 0 saturated heterocycles. The summed E-state index contributed by atoms with van der Waals surface area (Å²) in [6.45, 7) is 7.86. The molecular formula is C17H35N3O2. The molecule has 1 rings (SSSR count). The third kappa shape index (κ3) is 7.45. The molecule has 5 nitrogen and oxygen atoms in total. The first-order valence-electron chi connectivity index (χ1n) is 8.70. The Labute approximate surface area is 135 Å². The Morgan fingerprint density at radius 1 is 1.23 bits per heavy atom. The van der Waals surface area contributed by atoms with Gasteiger partial charge < -0.3 is 20.6 Å². The molecule has 0 aromatic heterocycles. The second-order valence-electron chi connectivity index (χ2n) is 7.64. The van der Waals surface area contributed by atoms with E-state index in [0.717, 1.165) is 19.0 Å². The summed E-state index contributed by atoms with van der Waals surface area (Å²) in [5, 5.41) is 15.5. The summed E-state index contributed by atoms with van der Waals surface area (Å²) in [5.41, 5.74) is -0.212. The van der Waals surface area contributed by atoms with Gasteiger partial charge in [0.2, 0.25) is 0 Å². The van der Waals surface area contributed by atoms with Crippen molar-refractivity contribution < 1.29 is 9.90 Å². The highest BCUT2D eigenvalue weighted by molar-refractivity contribution is 5.73. The van der Waals surface area contributed by atoms with Crippen LogP contribution in [0.25, 0.3) is 0 Å². The fraction of sp³-hybridized carbons (Fsp3) is 0.941. The van der Waals surface area contributed by atoms with Gasteiger partial charge in [0.05, 0.1) is 6.10 Å². The molecule has 130 valence electrons. The minimum absolute atomic E-state index is 0.191. The molecule has 1 unspecified atom stereocenters. The van der Waals surface area contributed by atoms with Crippen molar-refractivity contribution in [1.82, 2.24) is 15.5 Å². The number of urea groups is 1. The number of nitrogens with one attached hydrogen (secondary N) is 2. The minimum Gasteiger partial charge on any atom is -0.391 e. The predicted molar refractivity (Wildman–Crippen MR) is 91.0 cm³/mol. The number of aliphatic hydroxyl groups excluding tert-OH is 1. The Morgan fingerprint density at radius 3 is 2.45 bits per heavy atom. The highest BCUT2D eigenvalue weighted by atomic mass is 16.3. The van der Waals surface area contributed by atoms with E-state index in [1.54, 1.807) is 0 Å². The average Bonchev–Trinajstić information content (AvgIpc) is 2.48. The summed E-state index contributed by atoms with van der Waals surface area (Å²) in [7, 11) is 2.19. The Morgan fingerprint density at radius 2 is 1.86 bits per heavy atom. The van der Waals surface area contributed by atoms with Crippen molar-refractivity contribution in [2.75, 3.05) is 26.7 Å². The van der Waals surface area contributed by atoms with Crippen molar-refractivity contribution in [3.05, 3.63) is 0 Å². The molecule has 0 heterocycles. The molecule has 3 N–H and O–H groups in total. The molecule has 22 heavy (non-hydrogen) atoms. The number of hydrogen-bond donors (Lipinski definition) is 3. The maximum Gasteiger partial charge on any atom is 0.314 e. The largest absolute Gasteiger partial charge is 0.391 e. The number of hydrogen-bond acceptors (Lipinski definition) is 3. The smallest absolute Gasteiger partial charge is 0.314 e. The van der Waals surface area contributed by atoms with E-state index in [-0.39, 0.29) is 18.0 Å².